The van der Waals surface area contributed by atoms with Gasteiger partial charge >= 0.3 is 12.1 Å². The SMILES string of the molecule is Cc1ccccc1C(NC(=O)OC(C)(C)C)C(C)(C)C(=O)OCCl. The third kappa shape index (κ3) is 5.41. The lowest BCUT2D eigenvalue weighted by Crippen LogP contribution is -2.45. The van der Waals surface area contributed by atoms with Crippen LogP contribution in [0.15, 0.2) is 24.3 Å². The van der Waals surface area contributed by atoms with Crippen molar-refractivity contribution in [2.45, 2.75) is 53.2 Å². The van der Waals surface area contributed by atoms with E-state index in [0.717, 1.165) is 11.1 Å². The van der Waals surface area contributed by atoms with Crippen molar-refractivity contribution in [3.05, 3.63) is 35.4 Å². The monoisotopic (exact) mass is 355 g/mol. The molecule has 1 amide bonds. The smallest absolute Gasteiger partial charge is 0.408 e. The van der Waals surface area contributed by atoms with Crippen LogP contribution < -0.4 is 5.32 Å². The van der Waals surface area contributed by atoms with Crippen LogP contribution in [0.4, 0.5) is 4.79 Å². The summed E-state index contributed by atoms with van der Waals surface area (Å²) < 4.78 is 10.3. The minimum atomic E-state index is -1.03. The van der Waals surface area contributed by atoms with Gasteiger partial charge in [-0.15, -0.1) is 0 Å². The summed E-state index contributed by atoms with van der Waals surface area (Å²) in [5.74, 6) is -0.498. The highest BCUT2D eigenvalue weighted by Gasteiger charge is 2.41. The van der Waals surface area contributed by atoms with Gasteiger partial charge in [-0.25, -0.2) is 4.79 Å². The maximum Gasteiger partial charge on any atom is 0.408 e. The molecule has 1 aromatic carbocycles. The minimum absolute atomic E-state index is 0.241. The molecule has 1 aromatic rings. The second-order valence-electron chi connectivity index (χ2n) is 7.20. The Morgan fingerprint density at radius 3 is 2.25 bits per heavy atom. The molecular formula is C18H26ClNO4. The summed E-state index contributed by atoms with van der Waals surface area (Å²) in [6.07, 6.45) is -0.595. The summed E-state index contributed by atoms with van der Waals surface area (Å²) in [5, 5.41) is 2.81. The van der Waals surface area contributed by atoms with Gasteiger partial charge in [0.2, 0.25) is 0 Å². The Morgan fingerprint density at radius 2 is 1.75 bits per heavy atom. The number of alkyl carbamates (subject to hydrolysis) is 1. The molecule has 0 aliphatic carbocycles. The fraction of sp³-hybridized carbons (Fsp3) is 0.556. The molecule has 0 aromatic heterocycles. The summed E-state index contributed by atoms with van der Waals surface area (Å²) in [4.78, 5) is 24.6. The van der Waals surface area contributed by atoms with Crippen LogP contribution in [0.25, 0.3) is 0 Å². The summed E-state index contributed by atoms with van der Waals surface area (Å²) >= 11 is 5.52. The average Bonchev–Trinajstić information content (AvgIpc) is 2.44. The minimum Gasteiger partial charge on any atom is -0.449 e. The van der Waals surface area contributed by atoms with Crippen molar-refractivity contribution in [3.8, 4) is 0 Å². The van der Waals surface area contributed by atoms with Crippen LogP contribution in [-0.4, -0.2) is 23.7 Å². The van der Waals surface area contributed by atoms with Gasteiger partial charge in [0.15, 0.2) is 6.07 Å². The number of hydrogen-bond acceptors (Lipinski definition) is 4. The molecule has 24 heavy (non-hydrogen) atoms. The van der Waals surface area contributed by atoms with E-state index in [9.17, 15) is 9.59 Å². The first kappa shape index (κ1) is 20.3. The van der Waals surface area contributed by atoms with Crippen molar-refractivity contribution >= 4 is 23.7 Å². The number of benzene rings is 1. The van der Waals surface area contributed by atoms with Gasteiger partial charge in [-0.3, -0.25) is 4.79 Å². The van der Waals surface area contributed by atoms with Gasteiger partial charge in [-0.1, -0.05) is 35.9 Å². The predicted octanol–water partition coefficient (Wildman–Crippen LogP) is 4.33. The summed E-state index contributed by atoms with van der Waals surface area (Å²) in [7, 11) is 0. The number of esters is 1. The number of ether oxygens (including phenoxy) is 2. The first-order valence-electron chi connectivity index (χ1n) is 7.77. The van der Waals surface area contributed by atoms with E-state index in [-0.39, 0.29) is 6.07 Å². The largest absolute Gasteiger partial charge is 0.449 e. The number of halogens is 1. The quantitative estimate of drug-likeness (QED) is 0.630. The Balaban J connectivity index is 3.20. The van der Waals surface area contributed by atoms with Crippen LogP contribution in [0.3, 0.4) is 0 Å². The number of alkyl halides is 1. The highest BCUT2D eigenvalue weighted by molar-refractivity contribution is 6.17. The van der Waals surface area contributed by atoms with Crippen LogP contribution in [0.2, 0.25) is 0 Å². The molecule has 0 spiro atoms. The molecule has 1 rings (SSSR count). The van der Waals surface area contributed by atoms with Gasteiger partial charge in [-0.2, -0.15) is 0 Å². The lowest BCUT2D eigenvalue weighted by molar-refractivity contribution is -0.153. The van der Waals surface area contributed by atoms with E-state index in [1.165, 1.54) is 0 Å². The zero-order valence-corrected chi connectivity index (χ0v) is 15.9. The molecule has 0 aliphatic heterocycles. The number of hydrogen-bond donors (Lipinski definition) is 1. The molecule has 6 heteroatoms. The number of carbonyl (C=O) groups excluding carboxylic acids is 2. The van der Waals surface area contributed by atoms with E-state index in [0.29, 0.717) is 0 Å². The molecule has 0 saturated heterocycles. The average molecular weight is 356 g/mol. The summed E-state index contributed by atoms with van der Waals surface area (Å²) in [5.41, 5.74) is 0.101. The Bertz CT molecular complexity index is 593. The maximum atomic E-state index is 12.4. The normalized spacial score (nSPS) is 13.1. The molecular weight excluding hydrogens is 330 g/mol. The van der Waals surface area contributed by atoms with E-state index in [1.54, 1.807) is 34.6 Å². The zero-order valence-electron chi connectivity index (χ0n) is 15.1. The fourth-order valence-electron chi connectivity index (χ4n) is 2.34. The molecule has 0 radical (unpaired) electrons. The molecule has 0 fully saturated rings. The molecule has 0 aliphatic rings. The standard InChI is InChI=1S/C18H26ClNO4/c1-12-9-7-8-10-13(12)14(18(5,6)15(21)23-11-19)20-16(22)24-17(2,3)4/h7-10,14H,11H2,1-6H3,(H,20,22). The van der Waals surface area contributed by atoms with Crippen LogP contribution in [0.5, 0.6) is 0 Å². The van der Waals surface area contributed by atoms with Gasteiger partial charge in [0.05, 0.1) is 11.5 Å². The molecule has 1 unspecified atom stereocenters. The van der Waals surface area contributed by atoms with Crippen LogP contribution in [0, 0.1) is 12.3 Å². The van der Waals surface area contributed by atoms with Gasteiger partial charge in [-0.05, 0) is 52.7 Å². The third-order valence-electron chi connectivity index (χ3n) is 3.59. The van der Waals surface area contributed by atoms with Crippen molar-refractivity contribution in [2.24, 2.45) is 5.41 Å². The fourth-order valence-corrected chi connectivity index (χ4v) is 2.44. The summed E-state index contributed by atoms with van der Waals surface area (Å²) in [6, 6.07) is 6.68. The van der Waals surface area contributed by atoms with E-state index < -0.39 is 29.1 Å². The van der Waals surface area contributed by atoms with Gasteiger partial charge in [0.1, 0.15) is 5.60 Å². The first-order valence-corrected chi connectivity index (χ1v) is 8.30. The molecule has 1 atom stereocenters. The highest BCUT2D eigenvalue weighted by atomic mass is 35.5. The van der Waals surface area contributed by atoms with Crippen molar-refractivity contribution in [2.75, 3.05) is 6.07 Å². The highest BCUT2D eigenvalue weighted by Crippen LogP contribution is 2.36. The van der Waals surface area contributed by atoms with E-state index >= 15 is 0 Å². The Hall–Kier alpha value is -1.75. The van der Waals surface area contributed by atoms with E-state index in [2.05, 4.69) is 5.32 Å². The van der Waals surface area contributed by atoms with Gasteiger partial charge in [0.25, 0.3) is 0 Å². The number of carbonyl (C=O) groups is 2. The van der Waals surface area contributed by atoms with Crippen molar-refractivity contribution < 1.29 is 19.1 Å². The number of rotatable bonds is 5. The van der Waals surface area contributed by atoms with Gasteiger partial charge in [0, 0.05) is 0 Å². The van der Waals surface area contributed by atoms with Crippen molar-refractivity contribution in [1.29, 1.82) is 0 Å². The summed E-state index contributed by atoms with van der Waals surface area (Å²) in [6.45, 7) is 10.7. The van der Waals surface area contributed by atoms with E-state index in [1.807, 2.05) is 31.2 Å². The lowest BCUT2D eigenvalue weighted by Gasteiger charge is -2.34. The second-order valence-corrected chi connectivity index (χ2v) is 7.42. The molecule has 0 saturated carbocycles. The third-order valence-corrected chi connectivity index (χ3v) is 3.70. The zero-order chi connectivity index (χ0) is 18.5. The van der Waals surface area contributed by atoms with Gasteiger partial charge < -0.3 is 14.8 Å². The Labute approximate surface area is 148 Å². The molecule has 1 N–H and O–H groups in total. The van der Waals surface area contributed by atoms with Crippen molar-refractivity contribution in [3.63, 3.8) is 0 Å². The molecule has 0 bridgehead atoms. The van der Waals surface area contributed by atoms with Crippen LogP contribution >= 0.6 is 11.6 Å². The van der Waals surface area contributed by atoms with Crippen molar-refractivity contribution in [1.82, 2.24) is 5.32 Å². The lowest BCUT2D eigenvalue weighted by atomic mass is 9.79. The maximum absolute atomic E-state index is 12.4. The number of amides is 1. The molecule has 0 heterocycles. The number of nitrogens with one attached hydrogen (secondary N) is 1. The Morgan fingerprint density at radius 1 is 1.17 bits per heavy atom. The molecule has 5 nitrogen and oxygen atoms in total. The predicted molar refractivity (Wildman–Crippen MR) is 93.9 cm³/mol. The van der Waals surface area contributed by atoms with Crippen LogP contribution in [0.1, 0.15) is 51.8 Å². The van der Waals surface area contributed by atoms with Crippen LogP contribution in [-0.2, 0) is 14.3 Å². The number of aryl methyl sites for hydroxylation is 1. The van der Waals surface area contributed by atoms with E-state index in [4.69, 9.17) is 21.1 Å². The topological polar surface area (TPSA) is 64.6 Å². The Kier molecular flexibility index (Phi) is 6.67. The molecule has 134 valence electrons. The first-order chi connectivity index (χ1) is 11.0. The second kappa shape index (κ2) is 7.88.